The first kappa shape index (κ1) is 16.2. The number of sulfonamides is 1. The van der Waals surface area contributed by atoms with Crippen LogP contribution < -0.4 is 5.32 Å². The molecule has 2 aliphatic rings. The number of hydrogen-bond acceptors (Lipinski definition) is 4. The van der Waals surface area contributed by atoms with Crippen LogP contribution in [0.5, 0.6) is 0 Å². The van der Waals surface area contributed by atoms with Crippen molar-refractivity contribution in [3.8, 4) is 0 Å². The van der Waals surface area contributed by atoms with Crippen LogP contribution in [0.25, 0.3) is 0 Å². The van der Waals surface area contributed by atoms with E-state index in [-0.39, 0.29) is 0 Å². The lowest BCUT2D eigenvalue weighted by Crippen LogP contribution is -2.59. The lowest BCUT2D eigenvalue weighted by molar-refractivity contribution is -0.149. The Morgan fingerprint density at radius 1 is 1.19 bits per heavy atom. The summed E-state index contributed by atoms with van der Waals surface area (Å²) >= 11 is 0. The maximum absolute atomic E-state index is 12.4. The SMILES string of the molecule is CS(=O)(=O)N1CCCC1C(=O)NC1(C(=O)O)CCCCC1. The van der Waals surface area contributed by atoms with Gasteiger partial charge in [-0.15, -0.1) is 0 Å². The number of carbonyl (C=O) groups excluding carboxylic acids is 1. The first-order valence-electron chi connectivity index (χ1n) is 7.28. The highest BCUT2D eigenvalue weighted by Crippen LogP contribution is 2.30. The topological polar surface area (TPSA) is 104 Å². The van der Waals surface area contributed by atoms with Gasteiger partial charge in [0, 0.05) is 6.54 Å². The minimum atomic E-state index is -3.45. The third-order valence-corrected chi connectivity index (χ3v) is 5.70. The Kier molecular flexibility index (Phi) is 4.57. The first-order valence-corrected chi connectivity index (χ1v) is 9.13. The van der Waals surface area contributed by atoms with Gasteiger partial charge >= 0.3 is 5.97 Å². The van der Waals surface area contributed by atoms with E-state index >= 15 is 0 Å². The van der Waals surface area contributed by atoms with Gasteiger partial charge in [-0.05, 0) is 25.7 Å². The summed E-state index contributed by atoms with van der Waals surface area (Å²) in [6.45, 7) is 0.316. The molecule has 0 spiro atoms. The van der Waals surface area contributed by atoms with E-state index in [0.717, 1.165) is 25.5 Å². The molecule has 0 radical (unpaired) electrons. The standard InChI is InChI=1S/C13H22N2O5S/c1-21(19,20)15-9-5-6-10(15)11(16)14-13(12(17)18)7-3-2-4-8-13/h10H,2-9H2,1H3,(H,14,16)(H,17,18). The second-order valence-electron chi connectivity index (χ2n) is 5.97. The molecule has 0 aromatic heterocycles. The number of nitrogens with zero attached hydrogens (tertiary/aromatic N) is 1. The number of nitrogens with one attached hydrogen (secondary N) is 1. The molecular formula is C13H22N2O5S. The van der Waals surface area contributed by atoms with E-state index in [2.05, 4.69) is 5.32 Å². The summed E-state index contributed by atoms with van der Waals surface area (Å²) in [6, 6.07) is -0.779. The maximum Gasteiger partial charge on any atom is 0.329 e. The van der Waals surface area contributed by atoms with Gasteiger partial charge in [0.2, 0.25) is 15.9 Å². The third kappa shape index (κ3) is 3.37. The molecule has 2 rings (SSSR count). The van der Waals surface area contributed by atoms with Gasteiger partial charge in [-0.25, -0.2) is 13.2 Å². The van der Waals surface area contributed by atoms with Crippen molar-refractivity contribution in [2.24, 2.45) is 0 Å². The zero-order chi connectivity index (χ0) is 15.7. The van der Waals surface area contributed by atoms with Gasteiger partial charge in [0.05, 0.1) is 6.26 Å². The van der Waals surface area contributed by atoms with Gasteiger partial charge in [-0.1, -0.05) is 19.3 Å². The number of amides is 1. The minimum absolute atomic E-state index is 0.316. The van der Waals surface area contributed by atoms with Gasteiger partial charge in [-0.3, -0.25) is 4.79 Å². The molecular weight excluding hydrogens is 296 g/mol. The van der Waals surface area contributed by atoms with Crippen molar-refractivity contribution in [2.45, 2.75) is 56.5 Å². The maximum atomic E-state index is 12.4. The fourth-order valence-corrected chi connectivity index (χ4v) is 4.39. The smallest absolute Gasteiger partial charge is 0.329 e. The Labute approximate surface area is 124 Å². The molecule has 1 aliphatic heterocycles. The summed E-state index contributed by atoms with van der Waals surface area (Å²) in [5.41, 5.74) is -1.24. The number of hydrogen-bond donors (Lipinski definition) is 2. The normalized spacial score (nSPS) is 26.4. The van der Waals surface area contributed by atoms with Crippen LogP contribution in [0.4, 0.5) is 0 Å². The average Bonchev–Trinajstić information content (AvgIpc) is 2.88. The lowest BCUT2D eigenvalue weighted by Gasteiger charge is -2.35. The monoisotopic (exact) mass is 318 g/mol. The third-order valence-electron chi connectivity index (χ3n) is 4.41. The molecule has 1 atom stereocenters. The molecule has 1 heterocycles. The molecule has 0 bridgehead atoms. The second kappa shape index (κ2) is 5.92. The Morgan fingerprint density at radius 2 is 1.81 bits per heavy atom. The van der Waals surface area contributed by atoms with Gasteiger partial charge in [0.1, 0.15) is 11.6 Å². The van der Waals surface area contributed by atoms with Crippen LogP contribution in [0, 0.1) is 0 Å². The number of aliphatic carboxylic acids is 1. The van der Waals surface area contributed by atoms with Crippen molar-refractivity contribution >= 4 is 21.9 Å². The molecule has 21 heavy (non-hydrogen) atoms. The highest BCUT2D eigenvalue weighted by molar-refractivity contribution is 7.88. The fraction of sp³-hybridized carbons (Fsp3) is 0.846. The van der Waals surface area contributed by atoms with Gasteiger partial charge in [0.15, 0.2) is 0 Å². The van der Waals surface area contributed by atoms with Crippen molar-refractivity contribution in [2.75, 3.05) is 12.8 Å². The number of carboxylic acid groups (broad SMARTS) is 1. The Bertz CT molecular complexity index is 525. The second-order valence-corrected chi connectivity index (χ2v) is 7.90. The summed E-state index contributed by atoms with van der Waals surface area (Å²) in [6.07, 6.45) is 5.41. The van der Waals surface area contributed by atoms with Crippen molar-refractivity contribution in [3.63, 3.8) is 0 Å². The van der Waals surface area contributed by atoms with Crippen LogP contribution in [0.3, 0.4) is 0 Å². The zero-order valence-corrected chi connectivity index (χ0v) is 13.0. The van der Waals surface area contributed by atoms with E-state index in [4.69, 9.17) is 0 Å². The molecule has 2 N–H and O–H groups in total. The Morgan fingerprint density at radius 3 is 2.33 bits per heavy atom. The number of rotatable bonds is 4. The highest BCUT2D eigenvalue weighted by Gasteiger charge is 2.44. The fourth-order valence-electron chi connectivity index (χ4n) is 3.27. The highest BCUT2D eigenvalue weighted by atomic mass is 32.2. The number of carbonyl (C=O) groups is 2. The summed E-state index contributed by atoms with van der Waals surface area (Å²) in [4.78, 5) is 24.0. The van der Waals surface area contributed by atoms with Crippen LogP contribution in [0.2, 0.25) is 0 Å². The van der Waals surface area contributed by atoms with Crippen LogP contribution in [-0.4, -0.2) is 54.1 Å². The van der Waals surface area contributed by atoms with E-state index in [9.17, 15) is 23.1 Å². The molecule has 8 heteroatoms. The van der Waals surface area contributed by atoms with E-state index in [1.165, 1.54) is 4.31 Å². The van der Waals surface area contributed by atoms with E-state index in [0.29, 0.717) is 32.2 Å². The molecule has 1 unspecified atom stereocenters. The molecule has 1 saturated carbocycles. The molecule has 1 aliphatic carbocycles. The largest absolute Gasteiger partial charge is 0.480 e. The molecule has 0 aromatic rings. The molecule has 1 saturated heterocycles. The summed E-state index contributed by atoms with van der Waals surface area (Å²) in [5, 5.41) is 12.1. The van der Waals surface area contributed by atoms with E-state index in [1.54, 1.807) is 0 Å². The van der Waals surface area contributed by atoms with Crippen LogP contribution in [0.15, 0.2) is 0 Å². The summed E-state index contributed by atoms with van der Waals surface area (Å²) in [7, 11) is -3.45. The molecule has 1 amide bonds. The van der Waals surface area contributed by atoms with Gasteiger partial charge in [0.25, 0.3) is 0 Å². The van der Waals surface area contributed by atoms with E-state index < -0.39 is 33.5 Å². The molecule has 0 aromatic carbocycles. The minimum Gasteiger partial charge on any atom is -0.480 e. The quantitative estimate of drug-likeness (QED) is 0.776. The van der Waals surface area contributed by atoms with Crippen LogP contribution in [0.1, 0.15) is 44.9 Å². The molecule has 2 fully saturated rings. The summed E-state index contributed by atoms with van der Waals surface area (Å²) < 4.78 is 24.5. The molecule has 7 nitrogen and oxygen atoms in total. The van der Waals surface area contributed by atoms with Gasteiger partial charge < -0.3 is 10.4 Å². The molecule has 120 valence electrons. The predicted octanol–water partition coefficient (Wildman–Crippen LogP) is 0.314. The summed E-state index contributed by atoms with van der Waals surface area (Å²) in [5.74, 6) is -1.51. The Balaban J connectivity index is 2.14. The first-order chi connectivity index (χ1) is 9.76. The average molecular weight is 318 g/mol. The van der Waals surface area contributed by atoms with E-state index in [1.807, 2.05) is 0 Å². The lowest BCUT2D eigenvalue weighted by atomic mass is 9.81. The predicted molar refractivity (Wildman–Crippen MR) is 76.2 cm³/mol. The Hall–Kier alpha value is -1.15. The van der Waals surface area contributed by atoms with Crippen LogP contribution >= 0.6 is 0 Å². The number of carboxylic acids is 1. The van der Waals surface area contributed by atoms with Crippen molar-refractivity contribution in [3.05, 3.63) is 0 Å². The van der Waals surface area contributed by atoms with Crippen molar-refractivity contribution in [1.29, 1.82) is 0 Å². The van der Waals surface area contributed by atoms with Crippen molar-refractivity contribution in [1.82, 2.24) is 9.62 Å². The zero-order valence-electron chi connectivity index (χ0n) is 12.2. The van der Waals surface area contributed by atoms with Crippen LogP contribution in [-0.2, 0) is 19.6 Å². The van der Waals surface area contributed by atoms with Crippen molar-refractivity contribution < 1.29 is 23.1 Å². The van der Waals surface area contributed by atoms with Gasteiger partial charge in [-0.2, -0.15) is 4.31 Å².